The summed E-state index contributed by atoms with van der Waals surface area (Å²) >= 11 is 0. The van der Waals surface area contributed by atoms with Crippen LogP contribution in [0.3, 0.4) is 0 Å². The fraction of sp³-hybridized carbons (Fsp3) is 0.400. The van der Waals surface area contributed by atoms with Crippen molar-refractivity contribution in [2.24, 2.45) is 5.92 Å². The van der Waals surface area contributed by atoms with E-state index in [9.17, 15) is 0 Å². The SMILES string of the molecule is Cc1nn(-c2ccccc2)c(C)c1CNC[C@H]1CCO[C@@H]1c1cn[nH]c1. The van der Waals surface area contributed by atoms with E-state index in [0.717, 1.165) is 43.1 Å². The van der Waals surface area contributed by atoms with Crippen molar-refractivity contribution >= 4 is 0 Å². The number of hydrogen-bond donors (Lipinski definition) is 2. The second-order valence-electron chi connectivity index (χ2n) is 6.90. The number of para-hydroxylation sites is 1. The van der Waals surface area contributed by atoms with E-state index >= 15 is 0 Å². The molecule has 0 bridgehead atoms. The number of nitrogens with one attached hydrogen (secondary N) is 2. The Morgan fingerprint density at radius 1 is 1.27 bits per heavy atom. The minimum absolute atomic E-state index is 0.135. The Morgan fingerprint density at radius 3 is 2.88 bits per heavy atom. The van der Waals surface area contributed by atoms with Gasteiger partial charge in [-0.3, -0.25) is 5.10 Å². The van der Waals surface area contributed by atoms with Crippen LogP contribution in [0, 0.1) is 19.8 Å². The molecule has 136 valence electrons. The van der Waals surface area contributed by atoms with Crippen LogP contribution in [-0.4, -0.2) is 33.1 Å². The highest BCUT2D eigenvalue weighted by molar-refractivity contribution is 5.36. The highest BCUT2D eigenvalue weighted by Crippen LogP contribution is 2.33. The van der Waals surface area contributed by atoms with Crippen molar-refractivity contribution in [1.82, 2.24) is 25.3 Å². The fourth-order valence-corrected chi connectivity index (χ4v) is 3.76. The molecule has 0 saturated carbocycles. The summed E-state index contributed by atoms with van der Waals surface area (Å²) in [4.78, 5) is 0. The van der Waals surface area contributed by atoms with Crippen LogP contribution in [0.15, 0.2) is 42.7 Å². The summed E-state index contributed by atoms with van der Waals surface area (Å²) in [5, 5.41) is 15.3. The van der Waals surface area contributed by atoms with Gasteiger partial charge in [-0.1, -0.05) is 18.2 Å². The van der Waals surface area contributed by atoms with E-state index in [1.807, 2.05) is 35.3 Å². The molecular weight excluding hydrogens is 326 g/mol. The molecule has 0 aliphatic carbocycles. The molecule has 3 aromatic rings. The van der Waals surface area contributed by atoms with Crippen molar-refractivity contribution in [1.29, 1.82) is 0 Å². The molecule has 26 heavy (non-hydrogen) atoms. The van der Waals surface area contributed by atoms with Crippen molar-refractivity contribution in [3.05, 3.63) is 65.2 Å². The Morgan fingerprint density at radius 2 is 2.12 bits per heavy atom. The molecule has 1 aromatic carbocycles. The molecule has 2 aromatic heterocycles. The average molecular weight is 351 g/mol. The van der Waals surface area contributed by atoms with Gasteiger partial charge in [0.15, 0.2) is 0 Å². The minimum Gasteiger partial charge on any atom is -0.373 e. The van der Waals surface area contributed by atoms with Crippen LogP contribution < -0.4 is 5.32 Å². The zero-order valence-corrected chi connectivity index (χ0v) is 15.3. The van der Waals surface area contributed by atoms with Gasteiger partial charge in [-0.2, -0.15) is 10.2 Å². The number of aryl methyl sites for hydroxylation is 1. The van der Waals surface area contributed by atoms with E-state index in [0.29, 0.717) is 5.92 Å². The lowest BCUT2D eigenvalue weighted by molar-refractivity contribution is 0.0905. The van der Waals surface area contributed by atoms with Crippen LogP contribution in [0.25, 0.3) is 5.69 Å². The molecule has 1 fully saturated rings. The summed E-state index contributed by atoms with van der Waals surface area (Å²) in [6.45, 7) is 6.77. The number of nitrogens with zero attached hydrogens (tertiary/aromatic N) is 3. The number of ether oxygens (including phenoxy) is 1. The molecule has 6 heteroatoms. The number of rotatable bonds is 6. The maximum atomic E-state index is 5.91. The van der Waals surface area contributed by atoms with Gasteiger partial charge in [0.2, 0.25) is 0 Å². The summed E-state index contributed by atoms with van der Waals surface area (Å²) in [7, 11) is 0. The van der Waals surface area contributed by atoms with Gasteiger partial charge < -0.3 is 10.1 Å². The quantitative estimate of drug-likeness (QED) is 0.716. The van der Waals surface area contributed by atoms with Crippen molar-refractivity contribution in [2.45, 2.75) is 32.9 Å². The lowest BCUT2D eigenvalue weighted by Gasteiger charge is -2.18. The zero-order valence-electron chi connectivity index (χ0n) is 15.3. The molecule has 6 nitrogen and oxygen atoms in total. The van der Waals surface area contributed by atoms with Crippen LogP contribution in [0.4, 0.5) is 0 Å². The smallest absolute Gasteiger partial charge is 0.0896 e. The predicted octanol–water partition coefficient (Wildman–Crippen LogP) is 3.08. The Bertz CT molecular complexity index is 841. The van der Waals surface area contributed by atoms with Gasteiger partial charge in [0.1, 0.15) is 0 Å². The van der Waals surface area contributed by atoms with E-state index in [1.165, 1.54) is 11.3 Å². The van der Waals surface area contributed by atoms with E-state index < -0.39 is 0 Å². The van der Waals surface area contributed by atoms with Crippen molar-refractivity contribution in [3.63, 3.8) is 0 Å². The molecule has 0 amide bonds. The minimum atomic E-state index is 0.135. The lowest BCUT2D eigenvalue weighted by atomic mass is 9.97. The number of aromatic amines is 1. The highest BCUT2D eigenvalue weighted by Gasteiger charge is 2.30. The number of aromatic nitrogens is 4. The van der Waals surface area contributed by atoms with E-state index in [4.69, 9.17) is 9.84 Å². The predicted molar refractivity (Wildman–Crippen MR) is 100 cm³/mol. The van der Waals surface area contributed by atoms with Crippen molar-refractivity contribution < 1.29 is 4.74 Å². The van der Waals surface area contributed by atoms with E-state index in [1.54, 1.807) is 0 Å². The molecule has 1 saturated heterocycles. The first-order chi connectivity index (χ1) is 12.7. The topological polar surface area (TPSA) is 67.8 Å². The van der Waals surface area contributed by atoms with Gasteiger partial charge >= 0.3 is 0 Å². The largest absolute Gasteiger partial charge is 0.373 e. The first-order valence-corrected chi connectivity index (χ1v) is 9.15. The molecular formula is C20H25N5O. The second kappa shape index (κ2) is 7.43. The van der Waals surface area contributed by atoms with Crippen LogP contribution in [-0.2, 0) is 11.3 Å². The fourth-order valence-electron chi connectivity index (χ4n) is 3.76. The molecule has 0 radical (unpaired) electrons. The molecule has 1 aliphatic rings. The number of H-pyrrole nitrogens is 1. The molecule has 2 N–H and O–H groups in total. The third kappa shape index (κ3) is 3.30. The van der Waals surface area contributed by atoms with Crippen LogP contribution in [0.2, 0.25) is 0 Å². The summed E-state index contributed by atoms with van der Waals surface area (Å²) in [6, 6.07) is 10.3. The molecule has 3 heterocycles. The average Bonchev–Trinajstić information content (AvgIpc) is 3.38. The summed E-state index contributed by atoms with van der Waals surface area (Å²) in [5.74, 6) is 0.470. The molecule has 2 atom stereocenters. The van der Waals surface area contributed by atoms with Crippen molar-refractivity contribution in [2.75, 3.05) is 13.2 Å². The first kappa shape index (κ1) is 17.0. The summed E-state index contributed by atoms with van der Waals surface area (Å²) < 4.78 is 7.93. The monoisotopic (exact) mass is 351 g/mol. The van der Waals surface area contributed by atoms with Crippen LogP contribution >= 0.6 is 0 Å². The van der Waals surface area contributed by atoms with E-state index in [-0.39, 0.29) is 6.10 Å². The van der Waals surface area contributed by atoms with Gasteiger partial charge in [0.25, 0.3) is 0 Å². The van der Waals surface area contributed by atoms with Crippen LogP contribution in [0.1, 0.15) is 35.0 Å². The van der Waals surface area contributed by atoms with Crippen molar-refractivity contribution in [3.8, 4) is 5.69 Å². The number of benzene rings is 1. The Hall–Kier alpha value is -2.44. The standard InChI is InChI=1S/C20H25N5O/c1-14-19(15(2)25(24-14)18-6-4-3-5-7-18)13-21-10-16-8-9-26-20(16)17-11-22-23-12-17/h3-7,11-12,16,20-21H,8-10,13H2,1-2H3,(H,22,23)/t16-,20+/m1/s1. The zero-order chi connectivity index (χ0) is 17.9. The third-order valence-electron chi connectivity index (χ3n) is 5.21. The Kier molecular flexibility index (Phi) is 4.86. The van der Waals surface area contributed by atoms with Gasteiger partial charge in [0, 0.05) is 48.6 Å². The first-order valence-electron chi connectivity index (χ1n) is 9.15. The van der Waals surface area contributed by atoms with Gasteiger partial charge in [-0.15, -0.1) is 0 Å². The normalized spacial score (nSPS) is 19.9. The maximum Gasteiger partial charge on any atom is 0.0896 e. The summed E-state index contributed by atoms with van der Waals surface area (Å²) in [6.07, 6.45) is 5.00. The summed E-state index contributed by atoms with van der Waals surface area (Å²) in [5.41, 5.74) is 5.78. The lowest BCUT2D eigenvalue weighted by Crippen LogP contribution is -2.25. The van der Waals surface area contributed by atoms with Gasteiger partial charge in [-0.25, -0.2) is 4.68 Å². The Labute approximate surface area is 153 Å². The van der Waals surface area contributed by atoms with Crippen LogP contribution in [0.5, 0.6) is 0 Å². The maximum absolute atomic E-state index is 5.91. The van der Waals surface area contributed by atoms with E-state index in [2.05, 4.69) is 41.5 Å². The second-order valence-corrected chi connectivity index (χ2v) is 6.90. The number of hydrogen-bond acceptors (Lipinski definition) is 4. The molecule has 0 spiro atoms. The molecule has 4 rings (SSSR count). The highest BCUT2D eigenvalue weighted by atomic mass is 16.5. The van der Waals surface area contributed by atoms with Gasteiger partial charge in [0.05, 0.1) is 23.7 Å². The third-order valence-corrected chi connectivity index (χ3v) is 5.21. The molecule has 1 aliphatic heterocycles. The Balaban J connectivity index is 1.42. The molecule has 0 unspecified atom stereocenters. The van der Waals surface area contributed by atoms with Gasteiger partial charge in [-0.05, 0) is 32.4 Å².